The summed E-state index contributed by atoms with van der Waals surface area (Å²) in [5.41, 5.74) is 1.07. The van der Waals surface area contributed by atoms with E-state index < -0.39 is 14.2 Å². The number of hydrogen-bond acceptors (Lipinski definition) is 6. The Morgan fingerprint density at radius 3 is 2.47 bits per heavy atom. The number of hydroxylamine groups is 2. The first-order valence-electron chi connectivity index (χ1n) is 10.5. The number of carbonyl (C=O) groups excluding carboxylic acids is 1. The molecule has 1 aromatic rings. The van der Waals surface area contributed by atoms with Crippen LogP contribution >= 0.6 is 0 Å². The Bertz CT molecular complexity index is 581. The highest BCUT2D eigenvalue weighted by Gasteiger charge is 2.20. The second-order valence-corrected chi connectivity index (χ2v) is 14.2. The molecule has 0 radical (unpaired) electrons. The number of amides is 1. The van der Waals surface area contributed by atoms with Crippen LogP contribution in [0.5, 0.6) is 0 Å². The van der Waals surface area contributed by atoms with E-state index in [1.807, 2.05) is 30.3 Å². The average Bonchev–Trinajstić information content (AvgIpc) is 2.69. The molecule has 1 N–H and O–H groups in total. The van der Waals surface area contributed by atoms with Gasteiger partial charge in [0.05, 0.1) is 32.3 Å². The highest BCUT2D eigenvalue weighted by atomic mass is 28.3. The molecule has 0 aliphatic carbocycles. The highest BCUT2D eigenvalue weighted by Crippen LogP contribution is 2.13. The molecule has 1 amide bonds. The van der Waals surface area contributed by atoms with Crippen molar-refractivity contribution >= 4 is 14.0 Å². The first-order valence-corrected chi connectivity index (χ1v) is 14.2. The summed E-state index contributed by atoms with van der Waals surface area (Å²) >= 11 is 0. The maximum Gasteiger partial charge on any atom is 0.248 e. The van der Waals surface area contributed by atoms with Crippen LogP contribution < -0.4 is 0 Å². The van der Waals surface area contributed by atoms with Crippen LogP contribution in [0, 0.1) is 0 Å². The normalized spacial score (nSPS) is 13.8. The van der Waals surface area contributed by atoms with E-state index in [-0.39, 0.29) is 25.2 Å². The van der Waals surface area contributed by atoms with Gasteiger partial charge in [-0.15, -0.1) is 0 Å². The highest BCUT2D eigenvalue weighted by molar-refractivity contribution is 6.76. The van der Waals surface area contributed by atoms with Crippen molar-refractivity contribution in [3.63, 3.8) is 0 Å². The average molecular weight is 442 g/mol. The molecule has 0 unspecified atom stereocenters. The molecular formula is C22H39NO6Si. The summed E-state index contributed by atoms with van der Waals surface area (Å²) in [4.78, 5) is 16.8. The molecule has 172 valence electrons. The predicted octanol–water partition coefficient (Wildman–Crippen LogP) is 3.45. The van der Waals surface area contributed by atoms with Gasteiger partial charge in [-0.3, -0.25) is 9.63 Å². The Morgan fingerprint density at radius 2 is 1.83 bits per heavy atom. The standard InChI is InChI=1S/C22H39NO6Si/c1-23(26-2)22(25)16-20(24)15-21(11-12-27-13-14-30(3,4)5)29-18-28-17-19-9-7-6-8-10-19/h6-10,20-21,24H,11-18H2,1-5H3/t20-,21-/m0/s1. The Hall–Kier alpha value is -1.29. The molecule has 0 bridgehead atoms. The van der Waals surface area contributed by atoms with Gasteiger partial charge in [0.1, 0.15) is 6.79 Å². The number of rotatable bonds is 16. The summed E-state index contributed by atoms with van der Waals surface area (Å²) in [5.74, 6) is -0.282. The first-order chi connectivity index (χ1) is 14.2. The zero-order valence-corrected chi connectivity index (χ0v) is 20.1. The second-order valence-electron chi connectivity index (χ2n) is 8.62. The van der Waals surface area contributed by atoms with Crippen molar-refractivity contribution in [2.24, 2.45) is 0 Å². The van der Waals surface area contributed by atoms with Crippen LogP contribution in [0.4, 0.5) is 0 Å². The van der Waals surface area contributed by atoms with Crippen molar-refractivity contribution in [2.75, 3.05) is 34.2 Å². The molecule has 30 heavy (non-hydrogen) atoms. The third-order valence-electron chi connectivity index (χ3n) is 4.65. The molecule has 2 atom stereocenters. The number of ether oxygens (including phenoxy) is 3. The summed E-state index contributed by atoms with van der Waals surface area (Å²) in [6.45, 7) is 8.82. The first kappa shape index (κ1) is 26.7. The van der Waals surface area contributed by atoms with Gasteiger partial charge in [-0.2, -0.15) is 0 Å². The fourth-order valence-corrected chi connectivity index (χ4v) is 3.42. The van der Waals surface area contributed by atoms with Gasteiger partial charge >= 0.3 is 0 Å². The molecule has 0 saturated heterocycles. The van der Waals surface area contributed by atoms with Gasteiger partial charge in [0, 0.05) is 34.8 Å². The van der Waals surface area contributed by atoms with E-state index in [0.29, 0.717) is 26.1 Å². The topological polar surface area (TPSA) is 77.5 Å². The number of nitrogens with zero attached hydrogens (tertiary/aromatic N) is 1. The van der Waals surface area contributed by atoms with E-state index in [2.05, 4.69) is 19.6 Å². The molecule has 0 saturated carbocycles. The van der Waals surface area contributed by atoms with Crippen molar-refractivity contribution in [2.45, 2.75) is 63.8 Å². The summed E-state index contributed by atoms with van der Waals surface area (Å²) in [7, 11) is 1.81. The van der Waals surface area contributed by atoms with Gasteiger partial charge in [0.2, 0.25) is 5.91 Å². The third kappa shape index (κ3) is 13.1. The van der Waals surface area contributed by atoms with Crippen molar-refractivity contribution < 1.29 is 28.9 Å². The Balaban J connectivity index is 2.43. The molecule has 0 fully saturated rings. The number of hydrogen-bond donors (Lipinski definition) is 1. The molecule has 0 spiro atoms. The summed E-state index contributed by atoms with van der Waals surface area (Å²) < 4.78 is 17.2. The molecule has 0 aromatic heterocycles. The van der Waals surface area contributed by atoms with E-state index in [1.54, 1.807) is 0 Å². The maximum absolute atomic E-state index is 11.9. The van der Waals surface area contributed by atoms with Crippen molar-refractivity contribution in [3.8, 4) is 0 Å². The van der Waals surface area contributed by atoms with E-state index in [0.717, 1.165) is 23.3 Å². The summed E-state index contributed by atoms with van der Waals surface area (Å²) in [6, 6.07) is 11.0. The van der Waals surface area contributed by atoms with Gasteiger partial charge in [0.25, 0.3) is 0 Å². The van der Waals surface area contributed by atoms with Gasteiger partial charge in [0.15, 0.2) is 0 Å². The number of aliphatic hydroxyl groups excluding tert-OH is 1. The van der Waals surface area contributed by atoms with Gasteiger partial charge < -0.3 is 19.3 Å². The van der Waals surface area contributed by atoms with Crippen LogP contribution in [-0.4, -0.2) is 70.5 Å². The number of aliphatic hydroxyl groups is 1. The van der Waals surface area contributed by atoms with Crippen LogP contribution in [-0.2, 0) is 30.4 Å². The van der Waals surface area contributed by atoms with E-state index in [4.69, 9.17) is 19.0 Å². The molecule has 0 aliphatic heterocycles. The van der Waals surface area contributed by atoms with Crippen LogP contribution in [0.1, 0.15) is 24.8 Å². The van der Waals surface area contributed by atoms with Crippen LogP contribution in [0.15, 0.2) is 30.3 Å². The van der Waals surface area contributed by atoms with Gasteiger partial charge in [-0.25, -0.2) is 5.06 Å². The quantitative estimate of drug-likeness (QED) is 0.183. The fourth-order valence-electron chi connectivity index (χ4n) is 2.66. The van der Waals surface area contributed by atoms with Gasteiger partial charge in [-0.1, -0.05) is 50.0 Å². The molecule has 7 nitrogen and oxygen atoms in total. The van der Waals surface area contributed by atoms with E-state index >= 15 is 0 Å². The minimum absolute atomic E-state index is 0.0223. The smallest absolute Gasteiger partial charge is 0.248 e. The second kappa shape index (κ2) is 14.7. The van der Waals surface area contributed by atoms with Gasteiger partial charge in [-0.05, 0) is 18.0 Å². The van der Waals surface area contributed by atoms with Crippen LogP contribution in [0.3, 0.4) is 0 Å². The monoisotopic (exact) mass is 441 g/mol. The molecule has 1 aromatic carbocycles. The summed E-state index contributed by atoms with van der Waals surface area (Å²) in [6.07, 6.45) is -0.147. The third-order valence-corrected chi connectivity index (χ3v) is 6.35. The summed E-state index contributed by atoms with van der Waals surface area (Å²) in [5, 5.41) is 11.4. The number of carbonyl (C=O) groups is 1. The van der Waals surface area contributed by atoms with Crippen LogP contribution in [0.25, 0.3) is 0 Å². The largest absolute Gasteiger partial charge is 0.392 e. The van der Waals surface area contributed by atoms with E-state index in [1.165, 1.54) is 14.2 Å². The zero-order chi connectivity index (χ0) is 22.4. The number of benzene rings is 1. The van der Waals surface area contributed by atoms with Crippen molar-refractivity contribution in [3.05, 3.63) is 35.9 Å². The van der Waals surface area contributed by atoms with Crippen molar-refractivity contribution in [1.29, 1.82) is 0 Å². The fraction of sp³-hybridized carbons (Fsp3) is 0.682. The molecule has 0 heterocycles. The van der Waals surface area contributed by atoms with E-state index in [9.17, 15) is 9.90 Å². The lowest BCUT2D eigenvalue weighted by molar-refractivity contribution is -0.171. The predicted molar refractivity (Wildman–Crippen MR) is 120 cm³/mol. The molecule has 0 aliphatic rings. The van der Waals surface area contributed by atoms with Crippen molar-refractivity contribution in [1.82, 2.24) is 5.06 Å². The molecule has 8 heteroatoms. The molecular weight excluding hydrogens is 402 g/mol. The lowest BCUT2D eigenvalue weighted by Crippen LogP contribution is -2.31. The minimum Gasteiger partial charge on any atom is -0.392 e. The SMILES string of the molecule is CON(C)C(=O)C[C@@H](O)C[C@H](CCOCC[Si](C)(C)C)OCOCc1ccccc1. The minimum atomic E-state index is -1.12. The Labute approximate surface area is 182 Å². The lowest BCUT2D eigenvalue weighted by atomic mass is 10.1. The Kier molecular flexibility index (Phi) is 13.1. The Morgan fingerprint density at radius 1 is 1.13 bits per heavy atom. The van der Waals surface area contributed by atoms with Crippen LogP contribution in [0.2, 0.25) is 25.7 Å². The lowest BCUT2D eigenvalue weighted by Gasteiger charge is -2.22. The maximum atomic E-state index is 11.9. The zero-order valence-electron chi connectivity index (χ0n) is 19.1. The molecule has 1 rings (SSSR count).